The Kier molecular flexibility index (Phi) is 5.37. The second kappa shape index (κ2) is 8.59. The van der Waals surface area contributed by atoms with Crippen LogP contribution in [-0.2, 0) is 15.6 Å². The summed E-state index contributed by atoms with van der Waals surface area (Å²) in [5, 5.41) is 15.2. The molecule has 3 nitrogen and oxygen atoms in total. The van der Waals surface area contributed by atoms with Crippen LogP contribution >= 0.6 is 0 Å². The number of hydrogen-bond acceptors (Lipinski definition) is 3. The van der Waals surface area contributed by atoms with E-state index in [-0.39, 0.29) is 22.4 Å². The van der Waals surface area contributed by atoms with E-state index in [0.29, 0.717) is 11.1 Å². The second-order valence-corrected chi connectivity index (χ2v) is 12.2. The van der Waals surface area contributed by atoms with E-state index in [1.165, 1.54) is 60.8 Å². The molecule has 2 N–H and O–H groups in total. The van der Waals surface area contributed by atoms with Crippen LogP contribution in [0.3, 0.4) is 0 Å². The smallest absolute Gasteiger partial charge is 0.201 e. The Balaban J connectivity index is 1.33. The summed E-state index contributed by atoms with van der Waals surface area (Å²) in [5.74, 6) is 0.181. The number of aliphatic hydroxyl groups is 1. The average Bonchev–Trinajstić information content (AvgIpc) is 3.43. The maximum Gasteiger partial charge on any atom is 0.201 e. The van der Waals surface area contributed by atoms with Crippen LogP contribution in [0.5, 0.6) is 0 Å². The topological polar surface area (TPSA) is 49.3 Å². The molecule has 0 saturated heterocycles. The lowest BCUT2D eigenvalue weighted by Gasteiger charge is -2.39. The van der Waals surface area contributed by atoms with Gasteiger partial charge in [0.25, 0.3) is 0 Å². The first-order valence-corrected chi connectivity index (χ1v) is 14.6. The van der Waals surface area contributed by atoms with E-state index in [9.17, 15) is 9.90 Å². The van der Waals surface area contributed by atoms with Crippen LogP contribution in [0.15, 0.2) is 87.9 Å². The third kappa shape index (κ3) is 3.11. The molecular weight excluding hydrogens is 466 g/mol. The van der Waals surface area contributed by atoms with Gasteiger partial charge in [-0.2, -0.15) is 0 Å². The second-order valence-electron chi connectivity index (χ2n) is 12.2. The van der Waals surface area contributed by atoms with E-state index in [1.807, 2.05) is 6.92 Å². The number of carbonyl (C=O) groups is 1. The van der Waals surface area contributed by atoms with Gasteiger partial charge in [0.2, 0.25) is 5.78 Å². The molecule has 0 aromatic heterocycles. The number of ketones is 1. The highest BCUT2D eigenvalue weighted by molar-refractivity contribution is 6.22. The zero-order chi connectivity index (χ0) is 26.1. The number of aliphatic hydroxyl groups excluding tert-OH is 1. The molecule has 2 aromatic carbocycles. The molecule has 5 aliphatic rings. The molecule has 1 heterocycles. The Morgan fingerprint density at radius 3 is 2.05 bits per heavy atom. The molecule has 2 aromatic rings. The standard InChI is InChI=1S/C35H37NO2/c1-22(27-21-24-13-5-6-14-25(24)34(27)17-9-3-10-18-34)29-31(37)30(32(29)38)23(2)33-35(19-11-4-12-20-35)26-15-7-8-16-28(26)36-33/h5-8,13-16,21,36-37H,3-4,9-12,17-20H2,1-2H3/b29-22-,33-23+. The summed E-state index contributed by atoms with van der Waals surface area (Å²) in [4.78, 5) is 13.9. The van der Waals surface area contributed by atoms with Crippen LogP contribution in [-0.4, -0.2) is 10.9 Å². The van der Waals surface area contributed by atoms with Crippen molar-refractivity contribution in [2.45, 2.75) is 88.9 Å². The van der Waals surface area contributed by atoms with Crippen molar-refractivity contribution in [1.29, 1.82) is 0 Å². The van der Waals surface area contributed by atoms with Crippen molar-refractivity contribution >= 4 is 17.5 Å². The Morgan fingerprint density at radius 1 is 0.763 bits per heavy atom. The highest BCUT2D eigenvalue weighted by Gasteiger charge is 2.49. The van der Waals surface area contributed by atoms with Crippen molar-refractivity contribution in [3.05, 3.63) is 105 Å². The fourth-order valence-corrected chi connectivity index (χ4v) is 8.54. The molecule has 0 atom stereocenters. The summed E-state index contributed by atoms with van der Waals surface area (Å²) in [6.45, 7) is 4.09. The zero-order valence-corrected chi connectivity index (χ0v) is 22.6. The van der Waals surface area contributed by atoms with Crippen molar-refractivity contribution in [1.82, 2.24) is 0 Å². The number of allylic oxidation sites excluding steroid dienone is 6. The van der Waals surface area contributed by atoms with Gasteiger partial charge in [-0.1, -0.05) is 87.1 Å². The molecule has 0 amide bonds. The molecule has 7 rings (SSSR count). The van der Waals surface area contributed by atoms with Crippen molar-refractivity contribution in [2.24, 2.45) is 0 Å². The van der Waals surface area contributed by atoms with E-state index in [1.54, 1.807) is 0 Å². The monoisotopic (exact) mass is 503 g/mol. The van der Waals surface area contributed by atoms with E-state index in [0.717, 1.165) is 48.2 Å². The van der Waals surface area contributed by atoms with Crippen molar-refractivity contribution in [3.63, 3.8) is 0 Å². The van der Waals surface area contributed by atoms with Gasteiger partial charge in [-0.05, 0) is 79.0 Å². The van der Waals surface area contributed by atoms with Crippen molar-refractivity contribution in [3.8, 4) is 0 Å². The first-order valence-electron chi connectivity index (χ1n) is 14.6. The van der Waals surface area contributed by atoms with Gasteiger partial charge in [-0.3, -0.25) is 4.79 Å². The molecule has 38 heavy (non-hydrogen) atoms. The van der Waals surface area contributed by atoms with Gasteiger partial charge in [0.1, 0.15) is 5.76 Å². The number of fused-ring (bicyclic) bond motifs is 4. The fourth-order valence-electron chi connectivity index (χ4n) is 8.54. The molecule has 2 saturated carbocycles. The van der Waals surface area contributed by atoms with Gasteiger partial charge in [-0.25, -0.2) is 0 Å². The third-order valence-electron chi connectivity index (χ3n) is 10.3. The first-order chi connectivity index (χ1) is 18.5. The number of anilines is 1. The lowest BCUT2D eigenvalue weighted by Crippen LogP contribution is -2.34. The number of benzene rings is 2. The molecule has 4 aliphatic carbocycles. The predicted octanol–water partition coefficient (Wildman–Crippen LogP) is 8.60. The SMILES string of the molecule is C/C(C1=Cc2ccccc2C12CCCCC2)=C1/C(=O)C(C(/C)=C2/Nc3ccccc3C23CCCCC3)=C1O. The Bertz CT molecular complexity index is 1490. The van der Waals surface area contributed by atoms with Crippen LogP contribution in [0.2, 0.25) is 0 Å². The van der Waals surface area contributed by atoms with Crippen LogP contribution in [0.1, 0.15) is 94.7 Å². The fraction of sp³-hybridized carbons (Fsp3) is 0.400. The van der Waals surface area contributed by atoms with Gasteiger partial charge in [0.15, 0.2) is 0 Å². The number of Topliss-reactive ketones (excluding diaryl/α,β-unsaturated/α-hetero) is 1. The van der Waals surface area contributed by atoms with E-state index in [4.69, 9.17) is 0 Å². The Morgan fingerprint density at radius 2 is 1.37 bits per heavy atom. The number of para-hydroxylation sites is 1. The normalized spacial score (nSPS) is 25.5. The maximum absolute atomic E-state index is 13.9. The van der Waals surface area contributed by atoms with Gasteiger partial charge in [-0.15, -0.1) is 0 Å². The Labute approximate surface area is 226 Å². The molecule has 0 unspecified atom stereocenters. The number of carbonyl (C=O) groups excluding carboxylic acids is 1. The van der Waals surface area contributed by atoms with Crippen LogP contribution < -0.4 is 5.32 Å². The summed E-state index contributed by atoms with van der Waals surface area (Å²) in [7, 11) is 0. The van der Waals surface area contributed by atoms with E-state index < -0.39 is 0 Å². The maximum atomic E-state index is 13.9. The average molecular weight is 504 g/mol. The van der Waals surface area contributed by atoms with Gasteiger partial charge < -0.3 is 10.4 Å². The highest BCUT2D eigenvalue weighted by Crippen LogP contribution is 2.57. The summed E-state index contributed by atoms with van der Waals surface area (Å²) in [6.07, 6.45) is 14.0. The Hall–Kier alpha value is -3.33. The third-order valence-corrected chi connectivity index (χ3v) is 10.3. The lowest BCUT2D eigenvalue weighted by molar-refractivity contribution is -0.113. The molecule has 0 bridgehead atoms. The summed E-state index contributed by atoms with van der Waals surface area (Å²) in [6, 6.07) is 17.3. The quantitative estimate of drug-likeness (QED) is 0.403. The zero-order valence-electron chi connectivity index (χ0n) is 22.6. The van der Waals surface area contributed by atoms with E-state index in [2.05, 4.69) is 66.8 Å². The number of rotatable bonds is 2. The number of nitrogens with one attached hydrogen (secondary N) is 1. The minimum Gasteiger partial charge on any atom is -0.506 e. The van der Waals surface area contributed by atoms with Gasteiger partial charge in [0, 0.05) is 22.2 Å². The predicted molar refractivity (Wildman–Crippen MR) is 154 cm³/mol. The molecule has 0 radical (unpaired) electrons. The van der Waals surface area contributed by atoms with Crippen LogP contribution in [0.25, 0.3) is 6.08 Å². The van der Waals surface area contributed by atoms with Crippen LogP contribution in [0.4, 0.5) is 5.69 Å². The van der Waals surface area contributed by atoms with Crippen molar-refractivity contribution < 1.29 is 9.90 Å². The lowest BCUT2D eigenvalue weighted by atomic mass is 9.64. The van der Waals surface area contributed by atoms with Gasteiger partial charge >= 0.3 is 0 Å². The minimum absolute atomic E-state index is 0.00321. The molecule has 194 valence electrons. The first kappa shape index (κ1) is 23.8. The molecule has 3 heteroatoms. The van der Waals surface area contributed by atoms with Gasteiger partial charge in [0.05, 0.1) is 11.1 Å². The number of hydrogen-bond donors (Lipinski definition) is 2. The minimum atomic E-state index is -0.0806. The molecule has 1 aliphatic heterocycles. The summed E-state index contributed by atoms with van der Waals surface area (Å²) < 4.78 is 0. The highest BCUT2D eigenvalue weighted by atomic mass is 16.3. The summed E-state index contributed by atoms with van der Waals surface area (Å²) in [5.41, 5.74) is 10.3. The summed E-state index contributed by atoms with van der Waals surface area (Å²) >= 11 is 0. The largest absolute Gasteiger partial charge is 0.506 e. The van der Waals surface area contributed by atoms with Crippen LogP contribution in [0, 0.1) is 0 Å². The van der Waals surface area contributed by atoms with E-state index >= 15 is 0 Å². The molecular formula is C35H37NO2. The molecule has 2 fully saturated rings. The van der Waals surface area contributed by atoms with Crippen molar-refractivity contribution in [2.75, 3.05) is 5.32 Å². The molecule has 2 spiro atoms.